The fourth-order valence-electron chi connectivity index (χ4n) is 1.10. The van der Waals surface area contributed by atoms with Crippen LogP contribution in [-0.4, -0.2) is 24.1 Å². The minimum absolute atomic E-state index is 0.223. The molecule has 1 rings (SSSR count). The van der Waals surface area contributed by atoms with Crippen molar-refractivity contribution in [2.24, 2.45) is 0 Å². The van der Waals surface area contributed by atoms with Gasteiger partial charge in [0.25, 0.3) is 0 Å². The van der Waals surface area contributed by atoms with E-state index in [9.17, 15) is 10.1 Å². The normalized spacial score (nSPS) is 9.57. The maximum Gasteiger partial charge on any atom is 0.237 e. The monoisotopic (exact) mass is 198 g/mol. The highest BCUT2D eigenvalue weighted by atomic mass is 16.6. The average molecular weight is 198 g/mol. The Morgan fingerprint density at radius 1 is 1.50 bits per heavy atom. The maximum absolute atomic E-state index is 10.4. The molecule has 1 aromatic heterocycles. The van der Waals surface area contributed by atoms with E-state index < -0.39 is 4.92 Å². The van der Waals surface area contributed by atoms with Gasteiger partial charge in [-0.3, -0.25) is 10.1 Å². The van der Waals surface area contributed by atoms with Gasteiger partial charge in [-0.2, -0.15) is 0 Å². The summed E-state index contributed by atoms with van der Waals surface area (Å²) < 4.78 is 9.86. The van der Waals surface area contributed by atoms with Gasteiger partial charge >= 0.3 is 0 Å². The molecule has 1 aromatic rings. The van der Waals surface area contributed by atoms with Crippen LogP contribution in [0, 0.1) is 10.1 Å². The van der Waals surface area contributed by atoms with Crippen molar-refractivity contribution in [1.29, 1.82) is 0 Å². The van der Waals surface area contributed by atoms with E-state index in [1.165, 1.54) is 20.4 Å². The summed E-state index contributed by atoms with van der Waals surface area (Å²) in [6, 6.07) is 1.56. The van der Waals surface area contributed by atoms with Crippen molar-refractivity contribution < 1.29 is 14.4 Å². The zero-order chi connectivity index (χ0) is 10.6. The number of hydrogen-bond donors (Lipinski definition) is 0. The number of aromatic nitrogens is 1. The Kier molecular flexibility index (Phi) is 3.22. The van der Waals surface area contributed by atoms with E-state index in [-0.39, 0.29) is 12.4 Å². The molecule has 14 heavy (non-hydrogen) atoms. The molecular formula is C8H10N2O4. The molecular weight excluding hydrogens is 188 g/mol. The highest BCUT2D eigenvalue weighted by Gasteiger charge is 2.16. The zero-order valence-electron chi connectivity index (χ0n) is 7.89. The van der Waals surface area contributed by atoms with Crippen LogP contribution in [0.2, 0.25) is 0 Å². The molecule has 0 saturated carbocycles. The molecule has 0 bridgehead atoms. The molecule has 0 amide bonds. The summed E-state index contributed by atoms with van der Waals surface area (Å²) in [5.41, 5.74) is 0.350. The molecule has 1 heterocycles. The quantitative estimate of drug-likeness (QED) is 0.530. The van der Waals surface area contributed by atoms with Gasteiger partial charge in [0.15, 0.2) is 0 Å². The largest absolute Gasteiger partial charge is 0.496 e. The first-order valence-corrected chi connectivity index (χ1v) is 3.86. The third-order valence-corrected chi connectivity index (χ3v) is 1.67. The van der Waals surface area contributed by atoms with E-state index in [4.69, 9.17) is 9.47 Å². The summed E-state index contributed by atoms with van der Waals surface area (Å²) in [6.07, 6.45) is 1.47. The number of pyridine rings is 1. The van der Waals surface area contributed by atoms with Crippen LogP contribution in [0.3, 0.4) is 0 Å². The van der Waals surface area contributed by atoms with Crippen LogP contribution in [0.1, 0.15) is 5.56 Å². The van der Waals surface area contributed by atoms with Gasteiger partial charge in [0.2, 0.25) is 12.4 Å². The van der Waals surface area contributed by atoms with Crippen molar-refractivity contribution in [2.75, 3.05) is 14.2 Å². The van der Waals surface area contributed by atoms with Gasteiger partial charge in [0.1, 0.15) is 11.3 Å². The summed E-state index contributed by atoms with van der Waals surface area (Å²) in [6.45, 7) is -0.361. The molecule has 0 fully saturated rings. The van der Waals surface area contributed by atoms with Gasteiger partial charge in [0, 0.05) is 11.1 Å². The first kappa shape index (κ1) is 10.2. The number of nitrogens with zero attached hydrogens (tertiary/aromatic N) is 2. The van der Waals surface area contributed by atoms with Gasteiger partial charge in [-0.25, -0.2) is 4.98 Å². The van der Waals surface area contributed by atoms with Crippen molar-refractivity contribution in [3.05, 3.63) is 27.9 Å². The van der Waals surface area contributed by atoms with E-state index in [0.29, 0.717) is 11.3 Å². The summed E-state index contributed by atoms with van der Waals surface area (Å²) in [5, 5.41) is 10.4. The Bertz CT molecular complexity index is 318. The molecule has 0 aliphatic heterocycles. The van der Waals surface area contributed by atoms with E-state index >= 15 is 0 Å². The number of rotatable bonds is 4. The Morgan fingerprint density at radius 2 is 2.21 bits per heavy atom. The predicted octanol–water partition coefficient (Wildman–Crippen LogP) is 0.875. The zero-order valence-corrected chi connectivity index (χ0v) is 7.89. The molecule has 0 aliphatic carbocycles. The van der Waals surface area contributed by atoms with E-state index in [0.717, 1.165) is 0 Å². The topological polar surface area (TPSA) is 74.5 Å². The van der Waals surface area contributed by atoms with Crippen molar-refractivity contribution >= 4 is 0 Å². The summed E-state index contributed by atoms with van der Waals surface area (Å²) in [4.78, 5) is 13.8. The van der Waals surface area contributed by atoms with Crippen molar-refractivity contribution in [3.8, 4) is 11.6 Å². The highest BCUT2D eigenvalue weighted by Crippen LogP contribution is 2.25. The minimum atomic E-state index is -0.456. The lowest BCUT2D eigenvalue weighted by Crippen LogP contribution is -2.04. The average Bonchev–Trinajstić information content (AvgIpc) is 2.17. The lowest BCUT2D eigenvalue weighted by atomic mass is 10.2. The molecule has 0 aromatic carbocycles. The van der Waals surface area contributed by atoms with Gasteiger partial charge in [-0.1, -0.05) is 0 Å². The van der Waals surface area contributed by atoms with Crippen LogP contribution >= 0.6 is 0 Å². The van der Waals surface area contributed by atoms with Crippen molar-refractivity contribution in [3.63, 3.8) is 0 Å². The molecule has 0 atom stereocenters. The van der Waals surface area contributed by atoms with Gasteiger partial charge in [-0.05, 0) is 6.07 Å². The first-order valence-electron chi connectivity index (χ1n) is 3.86. The summed E-state index contributed by atoms with van der Waals surface area (Å²) >= 11 is 0. The third kappa shape index (κ3) is 2.09. The Balaban J connectivity index is 3.12. The van der Waals surface area contributed by atoms with Gasteiger partial charge in [0.05, 0.1) is 14.2 Å². The van der Waals surface area contributed by atoms with Crippen LogP contribution in [0.5, 0.6) is 11.6 Å². The molecule has 6 heteroatoms. The van der Waals surface area contributed by atoms with Crippen LogP contribution < -0.4 is 9.47 Å². The molecule has 0 N–H and O–H groups in total. The summed E-state index contributed by atoms with van der Waals surface area (Å²) in [5.74, 6) is 0.634. The predicted molar refractivity (Wildman–Crippen MR) is 48.0 cm³/mol. The lowest BCUT2D eigenvalue weighted by Gasteiger charge is -2.07. The molecule has 0 aliphatic rings. The van der Waals surface area contributed by atoms with Crippen molar-refractivity contribution in [2.45, 2.75) is 6.54 Å². The second kappa shape index (κ2) is 4.40. The lowest BCUT2D eigenvalue weighted by molar-refractivity contribution is -0.497. The van der Waals surface area contributed by atoms with Crippen LogP contribution in [0.25, 0.3) is 0 Å². The molecule has 0 radical (unpaired) electrons. The van der Waals surface area contributed by atoms with Crippen molar-refractivity contribution in [1.82, 2.24) is 4.98 Å². The second-order valence-electron chi connectivity index (χ2n) is 2.49. The number of nitro groups is 1. The standard InChI is InChI=1S/C8H10N2O4/c1-13-7-3-4-9-8(14-2)6(7)5-10(11)12/h3-4H,5H2,1-2H3. The highest BCUT2D eigenvalue weighted by molar-refractivity contribution is 5.38. The summed E-state index contributed by atoms with van der Waals surface area (Å²) in [7, 11) is 2.85. The molecule has 6 nitrogen and oxygen atoms in total. The number of methoxy groups -OCH3 is 2. The molecule has 0 saturated heterocycles. The molecule has 0 unspecified atom stereocenters. The van der Waals surface area contributed by atoms with Crippen LogP contribution in [-0.2, 0) is 6.54 Å². The third-order valence-electron chi connectivity index (χ3n) is 1.67. The van der Waals surface area contributed by atoms with Crippen LogP contribution in [0.15, 0.2) is 12.3 Å². The number of hydrogen-bond acceptors (Lipinski definition) is 5. The van der Waals surface area contributed by atoms with Gasteiger partial charge in [-0.15, -0.1) is 0 Å². The molecule has 0 spiro atoms. The van der Waals surface area contributed by atoms with E-state index in [1.807, 2.05) is 0 Å². The Hall–Kier alpha value is -1.85. The van der Waals surface area contributed by atoms with Crippen LogP contribution in [0.4, 0.5) is 0 Å². The molecule has 76 valence electrons. The Morgan fingerprint density at radius 3 is 2.71 bits per heavy atom. The maximum atomic E-state index is 10.4. The van der Waals surface area contributed by atoms with Gasteiger partial charge < -0.3 is 9.47 Å². The Labute approximate surface area is 80.6 Å². The fourth-order valence-corrected chi connectivity index (χ4v) is 1.10. The smallest absolute Gasteiger partial charge is 0.237 e. The van der Waals surface area contributed by atoms with E-state index in [2.05, 4.69) is 4.98 Å². The SMILES string of the molecule is COc1ccnc(OC)c1C[N+](=O)[O-]. The number of ether oxygens (including phenoxy) is 2. The minimum Gasteiger partial charge on any atom is -0.496 e. The van der Waals surface area contributed by atoms with E-state index in [1.54, 1.807) is 6.07 Å². The fraction of sp³-hybridized carbons (Fsp3) is 0.375. The second-order valence-corrected chi connectivity index (χ2v) is 2.49. The first-order chi connectivity index (χ1) is 6.69.